The number of hydrogen-bond donors (Lipinski definition) is 1. The second-order valence-electron chi connectivity index (χ2n) is 6.52. The monoisotopic (exact) mass is 372 g/mol. The largest absolute Gasteiger partial charge is 0.444 e. The summed E-state index contributed by atoms with van der Waals surface area (Å²) in [7, 11) is 0. The van der Waals surface area contributed by atoms with Gasteiger partial charge in [-0.25, -0.2) is 9.78 Å². The molecule has 2 aromatic rings. The van der Waals surface area contributed by atoms with Gasteiger partial charge in [0.15, 0.2) is 0 Å². The third-order valence-corrected chi connectivity index (χ3v) is 4.14. The zero-order valence-electron chi connectivity index (χ0n) is 14.3. The number of carbonyl (C=O) groups is 1. The summed E-state index contributed by atoms with van der Waals surface area (Å²) in [6.45, 7) is 6.99. The molecule has 1 heterocycles. The number of amides is 1. The number of alkyl halides is 3. The molecule has 136 valence electrons. The first-order valence-corrected chi connectivity index (χ1v) is 8.38. The summed E-state index contributed by atoms with van der Waals surface area (Å²) in [6, 6.07) is 5.13. The van der Waals surface area contributed by atoms with Crippen molar-refractivity contribution >= 4 is 22.4 Å². The molecule has 2 rings (SSSR count). The van der Waals surface area contributed by atoms with Crippen molar-refractivity contribution in [2.45, 2.75) is 45.9 Å². The van der Waals surface area contributed by atoms with Crippen LogP contribution in [0.25, 0.3) is 0 Å². The Kier molecular flexibility index (Phi) is 5.41. The summed E-state index contributed by atoms with van der Waals surface area (Å²) in [6.07, 6.45) is -4.71. The zero-order chi connectivity index (χ0) is 18.8. The van der Waals surface area contributed by atoms with Gasteiger partial charge in [-0.2, -0.15) is 13.2 Å². The summed E-state index contributed by atoms with van der Waals surface area (Å²) in [5.74, 6) is 0. The van der Waals surface area contributed by atoms with Gasteiger partial charge in [0, 0.05) is 6.42 Å². The van der Waals surface area contributed by atoms with Gasteiger partial charge in [0.25, 0.3) is 0 Å². The predicted molar refractivity (Wildman–Crippen MR) is 91.0 cm³/mol. The van der Waals surface area contributed by atoms with E-state index in [0.29, 0.717) is 21.3 Å². The SMILES string of the molecule is Cc1nc(Cc2cccc(C(F)(F)F)c2)sc1NC(=O)OC(C)(C)C. The minimum atomic E-state index is -4.38. The lowest BCUT2D eigenvalue weighted by molar-refractivity contribution is -0.137. The van der Waals surface area contributed by atoms with Gasteiger partial charge in [-0.3, -0.25) is 5.32 Å². The van der Waals surface area contributed by atoms with Crippen LogP contribution in [0.3, 0.4) is 0 Å². The summed E-state index contributed by atoms with van der Waals surface area (Å²) in [5, 5.41) is 3.76. The fraction of sp³-hybridized carbons (Fsp3) is 0.412. The van der Waals surface area contributed by atoms with Crippen molar-refractivity contribution in [3.63, 3.8) is 0 Å². The smallest absolute Gasteiger partial charge is 0.416 e. The number of rotatable bonds is 3. The van der Waals surface area contributed by atoms with E-state index in [1.54, 1.807) is 33.8 Å². The van der Waals surface area contributed by atoms with Gasteiger partial charge in [0.05, 0.1) is 16.3 Å². The first kappa shape index (κ1) is 19.2. The number of carbonyl (C=O) groups excluding carboxylic acids is 1. The molecule has 25 heavy (non-hydrogen) atoms. The van der Waals surface area contributed by atoms with Crippen molar-refractivity contribution in [2.24, 2.45) is 0 Å². The van der Waals surface area contributed by atoms with Crippen LogP contribution in [0.2, 0.25) is 0 Å². The fourth-order valence-corrected chi connectivity index (χ4v) is 3.06. The van der Waals surface area contributed by atoms with Crippen LogP contribution in [-0.4, -0.2) is 16.7 Å². The van der Waals surface area contributed by atoms with Gasteiger partial charge >= 0.3 is 12.3 Å². The molecule has 0 unspecified atom stereocenters. The second-order valence-corrected chi connectivity index (χ2v) is 7.61. The van der Waals surface area contributed by atoms with E-state index in [1.165, 1.54) is 17.4 Å². The summed E-state index contributed by atoms with van der Waals surface area (Å²) < 4.78 is 43.5. The van der Waals surface area contributed by atoms with E-state index in [4.69, 9.17) is 4.74 Å². The molecule has 0 saturated heterocycles. The highest BCUT2D eigenvalue weighted by Gasteiger charge is 2.30. The lowest BCUT2D eigenvalue weighted by atomic mass is 10.1. The molecule has 0 bridgehead atoms. The van der Waals surface area contributed by atoms with Gasteiger partial charge < -0.3 is 4.74 Å². The van der Waals surface area contributed by atoms with E-state index >= 15 is 0 Å². The normalized spacial score (nSPS) is 12.1. The van der Waals surface area contributed by atoms with Crippen LogP contribution in [0.5, 0.6) is 0 Å². The molecule has 0 aliphatic carbocycles. The molecule has 0 atom stereocenters. The molecule has 0 aliphatic heterocycles. The van der Waals surface area contributed by atoms with Crippen LogP contribution in [0.1, 0.15) is 42.6 Å². The molecule has 1 amide bonds. The third kappa shape index (κ3) is 5.74. The number of aromatic nitrogens is 1. The standard InChI is InChI=1S/C17H19F3N2O2S/c1-10-14(22-15(23)24-16(2,3)4)25-13(21-10)9-11-6-5-7-12(8-11)17(18,19)20/h5-8H,9H2,1-4H3,(H,22,23). The molecular weight excluding hydrogens is 353 g/mol. The van der Waals surface area contributed by atoms with Gasteiger partial charge in [-0.15, -0.1) is 11.3 Å². The van der Waals surface area contributed by atoms with Crippen molar-refractivity contribution in [3.8, 4) is 0 Å². The van der Waals surface area contributed by atoms with Crippen LogP contribution in [0.4, 0.5) is 23.0 Å². The minimum absolute atomic E-state index is 0.255. The highest BCUT2D eigenvalue weighted by atomic mass is 32.1. The Morgan fingerprint density at radius 3 is 2.56 bits per heavy atom. The second kappa shape index (κ2) is 7.03. The molecule has 0 spiro atoms. The van der Waals surface area contributed by atoms with Gasteiger partial charge in [-0.1, -0.05) is 18.2 Å². The highest BCUT2D eigenvalue weighted by molar-refractivity contribution is 7.16. The van der Waals surface area contributed by atoms with Crippen LogP contribution in [0, 0.1) is 6.92 Å². The molecule has 0 aliphatic rings. The number of halogens is 3. The molecule has 1 aromatic heterocycles. The molecule has 0 radical (unpaired) electrons. The third-order valence-electron chi connectivity index (χ3n) is 3.07. The number of nitrogens with one attached hydrogen (secondary N) is 1. The molecular formula is C17H19F3N2O2S. The number of hydrogen-bond acceptors (Lipinski definition) is 4. The highest BCUT2D eigenvalue weighted by Crippen LogP contribution is 2.31. The first-order chi connectivity index (χ1) is 11.4. The van der Waals surface area contributed by atoms with Gasteiger partial charge in [0.2, 0.25) is 0 Å². The van der Waals surface area contributed by atoms with Crippen LogP contribution < -0.4 is 5.32 Å². The molecule has 8 heteroatoms. The average molecular weight is 372 g/mol. The van der Waals surface area contributed by atoms with Crippen molar-refractivity contribution in [1.29, 1.82) is 0 Å². The topological polar surface area (TPSA) is 51.2 Å². The Morgan fingerprint density at radius 1 is 1.28 bits per heavy atom. The maximum Gasteiger partial charge on any atom is 0.416 e. The van der Waals surface area contributed by atoms with Crippen molar-refractivity contribution < 1.29 is 22.7 Å². The van der Waals surface area contributed by atoms with E-state index in [1.807, 2.05) is 0 Å². The molecule has 4 nitrogen and oxygen atoms in total. The van der Waals surface area contributed by atoms with E-state index in [0.717, 1.165) is 12.1 Å². The van der Waals surface area contributed by atoms with Crippen LogP contribution >= 0.6 is 11.3 Å². The van der Waals surface area contributed by atoms with Crippen LogP contribution in [0.15, 0.2) is 24.3 Å². The number of aryl methyl sites for hydroxylation is 1. The van der Waals surface area contributed by atoms with Crippen LogP contribution in [-0.2, 0) is 17.3 Å². The van der Waals surface area contributed by atoms with E-state index < -0.39 is 23.4 Å². The Morgan fingerprint density at radius 2 is 1.96 bits per heavy atom. The maximum atomic E-state index is 12.8. The quantitative estimate of drug-likeness (QED) is 0.784. The zero-order valence-corrected chi connectivity index (χ0v) is 15.1. The lowest BCUT2D eigenvalue weighted by Crippen LogP contribution is -2.27. The number of anilines is 1. The van der Waals surface area contributed by atoms with Crippen molar-refractivity contribution in [3.05, 3.63) is 46.1 Å². The average Bonchev–Trinajstić information content (AvgIpc) is 2.75. The van der Waals surface area contributed by atoms with Gasteiger partial charge in [-0.05, 0) is 39.3 Å². The Bertz CT molecular complexity index is 764. The Hall–Kier alpha value is -2.09. The van der Waals surface area contributed by atoms with E-state index in [-0.39, 0.29) is 6.42 Å². The summed E-state index contributed by atoms with van der Waals surface area (Å²) in [5.41, 5.74) is -0.209. The predicted octanol–water partition coefficient (Wildman–Crippen LogP) is 5.41. The Balaban J connectivity index is 2.11. The van der Waals surface area contributed by atoms with E-state index in [2.05, 4.69) is 10.3 Å². The van der Waals surface area contributed by atoms with Crippen molar-refractivity contribution in [2.75, 3.05) is 5.32 Å². The lowest BCUT2D eigenvalue weighted by Gasteiger charge is -2.19. The number of ether oxygens (including phenoxy) is 1. The first-order valence-electron chi connectivity index (χ1n) is 7.56. The number of benzene rings is 1. The fourth-order valence-electron chi connectivity index (χ4n) is 2.07. The number of nitrogens with zero attached hydrogens (tertiary/aromatic N) is 1. The van der Waals surface area contributed by atoms with Crippen molar-refractivity contribution in [1.82, 2.24) is 4.98 Å². The molecule has 1 aromatic carbocycles. The van der Waals surface area contributed by atoms with E-state index in [9.17, 15) is 18.0 Å². The number of thiazole rings is 1. The molecule has 1 N–H and O–H groups in total. The summed E-state index contributed by atoms with van der Waals surface area (Å²) in [4.78, 5) is 16.1. The maximum absolute atomic E-state index is 12.8. The minimum Gasteiger partial charge on any atom is -0.444 e. The Labute approximate surface area is 148 Å². The molecule has 0 saturated carbocycles. The van der Waals surface area contributed by atoms with Gasteiger partial charge in [0.1, 0.15) is 10.6 Å². The molecule has 0 fully saturated rings. The summed E-state index contributed by atoms with van der Waals surface area (Å²) >= 11 is 1.22.